The highest BCUT2D eigenvalue weighted by Crippen LogP contribution is 2.25. The molecule has 0 radical (unpaired) electrons. The quantitative estimate of drug-likeness (QED) is 0.266. The second-order valence-electron chi connectivity index (χ2n) is 10.0. The maximum Gasteiger partial charge on any atom is 0.322 e. The number of Topliss-reactive ketones (excluding diaryl/α,β-unsaturated/α-hetero) is 1. The zero-order valence-corrected chi connectivity index (χ0v) is 22.8. The van der Waals surface area contributed by atoms with Crippen molar-refractivity contribution in [2.45, 2.75) is 64.1 Å². The molecule has 9 heteroatoms. The van der Waals surface area contributed by atoms with Crippen molar-refractivity contribution in [3.05, 3.63) is 102 Å². The zero-order chi connectivity index (χ0) is 29.0. The Kier molecular flexibility index (Phi) is 11.4. The highest BCUT2D eigenvalue weighted by molar-refractivity contribution is 6.00. The van der Waals surface area contributed by atoms with Gasteiger partial charge in [-0.1, -0.05) is 80.6 Å². The molecule has 0 aliphatic carbocycles. The average Bonchev–Trinajstić information content (AvgIpc) is 2.95. The summed E-state index contributed by atoms with van der Waals surface area (Å²) in [5.74, 6) is -5.86. The molecule has 1 aromatic heterocycles. The van der Waals surface area contributed by atoms with Gasteiger partial charge in [-0.3, -0.25) is 25.2 Å². The lowest BCUT2D eigenvalue weighted by Crippen LogP contribution is -2.55. The largest absolute Gasteiger partial charge is 0.328 e. The van der Waals surface area contributed by atoms with Crippen molar-refractivity contribution >= 4 is 17.7 Å². The number of ketones is 1. The first-order valence-corrected chi connectivity index (χ1v) is 13.4. The van der Waals surface area contributed by atoms with Crippen LogP contribution in [0.15, 0.2) is 85.1 Å². The Morgan fingerprint density at radius 1 is 0.850 bits per heavy atom. The average molecular weight is 551 g/mol. The lowest BCUT2D eigenvalue weighted by atomic mass is 9.95. The number of hydrogen-bond acceptors (Lipinski definition) is 5. The minimum atomic E-state index is -3.67. The van der Waals surface area contributed by atoms with E-state index in [9.17, 15) is 14.4 Å². The Morgan fingerprint density at radius 2 is 1.45 bits per heavy atom. The molecule has 0 saturated carbocycles. The van der Waals surface area contributed by atoms with Crippen LogP contribution in [0.5, 0.6) is 0 Å². The molecule has 7 nitrogen and oxygen atoms in total. The van der Waals surface area contributed by atoms with Crippen LogP contribution in [0.3, 0.4) is 0 Å². The summed E-state index contributed by atoms with van der Waals surface area (Å²) < 4.78 is 30.2. The second-order valence-corrected chi connectivity index (χ2v) is 10.0. The van der Waals surface area contributed by atoms with Gasteiger partial charge in [0.15, 0.2) is 0 Å². The number of pyridine rings is 1. The molecule has 3 rings (SSSR count). The van der Waals surface area contributed by atoms with Crippen LogP contribution in [0.2, 0.25) is 0 Å². The van der Waals surface area contributed by atoms with Gasteiger partial charge in [0, 0.05) is 19.2 Å². The van der Waals surface area contributed by atoms with Gasteiger partial charge in [-0.2, -0.15) is 8.78 Å². The third-order valence-corrected chi connectivity index (χ3v) is 6.53. The molecule has 3 N–H and O–H groups in total. The molecule has 0 spiro atoms. The number of urea groups is 1. The van der Waals surface area contributed by atoms with Crippen molar-refractivity contribution in [1.82, 2.24) is 20.9 Å². The normalized spacial score (nSPS) is 12.9. The molecular formula is C31H36F2N4O3. The number of hydrogen-bond donors (Lipinski definition) is 3. The summed E-state index contributed by atoms with van der Waals surface area (Å²) >= 11 is 0. The standard InChI is InChI=1S/C31H36F2N4O3/c1-22(2)27(35-21-25-15-9-10-20-34-25)29(39)37-30(40)36-26(17-16-23-11-5-3-6-12-23)28(38)31(32,33)19-18-24-13-7-4-8-14-24/h3-15,20,22,26-27,35H,16-19,21H2,1-2H3,(H2,36,37,39,40)/t26-,27-/m0/s1. The number of carbonyl (C=O) groups excluding carboxylic acids is 3. The van der Waals surface area contributed by atoms with Gasteiger partial charge < -0.3 is 5.32 Å². The van der Waals surface area contributed by atoms with Gasteiger partial charge in [0.25, 0.3) is 0 Å². The molecule has 2 atom stereocenters. The van der Waals surface area contributed by atoms with E-state index in [-0.39, 0.29) is 18.8 Å². The summed E-state index contributed by atoms with van der Waals surface area (Å²) in [5, 5.41) is 7.65. The molecule has 0 saturated heterocycles. The number of alkyl halides is 2. The van der Waals surface area contributed by atoms with Crippen molar-refractivity contribution < 1.29 is 23.2 Å². The maximum atomic E-state index is 15.1. The third-order valence-electron chi connectivity index (χ3n) is 6.53. The number of imide groups is 1. The number of nitrogens with zero attached hydrogens (tertiary/aromatic N) is 1. The Balaban J connectivity index is 1.66. The number of halogens is 2. The van der Waals surface area contributed by atoms with Gasteiger partial charge in [-0.25, -0.2) is 4.79 Å². The summed E-state index contributed by atoms with van der Waals surface area (Å²) in [6.07, 6.45) is 1.20. The maximum absolute atomic E-state index is 15.1. The van der Waals surface area contributed by atoms with Crippen LogP contribution in [0, 0.1) is 5.92 Å². The van der Waals surface area contributed by atoms with Crippen molar-refractivity contribution in [2.75, 3.05) is 0 Å². The molecular weight excluding hydrogens is 514 g/mol. The van der Waals surface area contributed by atoms with E-state index < -0.39 is 42.1 Å². The SMILES string of the molecule is CC(C)[C@H](NCc1ccccn1)C(=O)NC(=O)N[C@@H](CCc1ccccc1)C(=O)C(F)(F)CCc1ccccc1. The highest BCUT2D eigenvalue weighted by Gasteiger charge is 2.43. The van der Waals surface area contributed by atoms with E-state index in [0.29, 0.717) is 18.5 Å². The number of amides is 3. The molecule has 0 aliphatic rings. The van der Waals surface area contributed by atoms with E-state index in [4.69, 9.17) is 0 Å². The molecule has 2 aromatic carbocycles. The molecule has 0 aliphatic heterocycles. The summed E-state index contributed by atoms with van der Waals surface area (Å²) in [6.45, 7) is 3.92. The van der Waals surface area contributed by atoms with Crippen molar-refractivity contribution in [2.24, 2.45) is 5.92 Å². The van der Waals surface area contributed by atoms with Crippen LogP contribution >= 0.6 is 0 Å². The molecule has 3 aromatic rings. The molecule has 3 amide bonds. The van der Waals surface area contributed by atoms with Crippen molar-refractivity contribution in [3.8, 4) is 0 Å². The fourth-order valence-electron chi connectivity index (χ4n) is 4.28. The van der Waals surface area contributed by atoms with Crippen LogP contribution in [0.1, 0.15) is 43.5 Å². The Labute approximate surface area is 233 Å². The lowest BCUT2D eigenvalue weighted by molar-refractivity contribution is -0.146. The molecule has 0 unspecified atom stereocenters. The number of nitrogens with one attached hydrogen (secondary N) is 3. The number of rotatable bonds is 14. The lowest BCUT2D eigenvalue weighted by Gasteiger charge is -2.25. The Morgan fingerprint density at radius 3 is 2.02 bits per heavy atom. The predicted octanol–water partition coefficient (Wildman–Crippen LogP) is 4.86. The predicted molar refractivity (Wildman–Crippen MR) is 150 cm³/mol. The molecule has 0 bridgehead atoms. The first-order valence-electron chi connectivity index (χ1n) is 13.4. The zero-order valence-electron chi connectivity index (χ0n) is 22.8. The van der Waals surface area contributed by atoms with E-state index >= 15 is 8.78 Å². The van der Waals surface area contributed by atoms with Gasteiger partial charge in [0.1, 0.15) is 0 Å². The summed E-state index contributed by atoms with van der Waals surface area (Å²) in [7, 11) is 0. The summed E-state index contributed by atoms with van der Waals surface area (Å²) in [4.78, 5) is 43.0. The van der Waals surface area contributed by atoms with E-state index in [0.717, 1.165) is 11.3 Å². The van der Waals surface area contributed by atoms with Crippen molar-refractivity contribution in [3.63, 3.8) is 0 Å². The van der Waals surface area contributed by atoms with Crippen molar-refractivity contribution in [1.29, 1.82) is 0 Å². The van der Waals surface area contributed by atoms with Crippen LogP contribution < -0.4 is 16.0 Å². The topological polar surface area (TPSA) is 100 Å². The first kappa shape index (κ1) is 30.6. The molecule has 212 valence electrons. The van der Waals surface area contributed by atoms with Gasteiger partial charge in [0.05, 0.1) is 17.8 Å². The Bertz CT molecular complexity index is 1230. The smallest absolute Gasteiger partial charge is 0.322 e. The number of benzene rings is 2. The minimum absolute atomic E-state index is 0.00762. The fraction of sp³-hybridized carbons (Fsp3) is 0.355. The monoisotopic (exact) mass is 550 g/mol. The minimum Gasteiger partial charge on any atom is -0.328 e. The van der Waals surface area contributed by atoms with Crippen LogP contribution in [-0.4, -0.2) is 40.7 Å². The van der Waals surface area contributed by atoms with Crippen LogP contribution in [0.4, 0.5) is 13.6 Å². The fourth-order valence-corrected chi connectivity index (χ4v) is 4.28. The number of aromatic nitrogens is 1. The van der Waals surface area contributed by atoms with E-state index in [1.807, 2.05) is 50.2 Å². The van der Waals surface area contributed by atoms with Crippen LogP contribution in [-0.2, 0) is 29.0 Å². The van der Waals surface area contributed by atoms with Gasteiger partial charge in [-0.15, -0.1) is 0 Å². The molecule has 0 fully saturated rings. The van der Waals surface area contributed by atoms with Gasteiger partial charge in [-0.05, 0) is 48.4 Å². The number of carbonyl (C=O) groups is 3. The van der Waals surface area contributed by atoms with Gasteiger partial charge >= 0.3 is 12.0 Å². The second kappa shape index (κ2) is 15.0. The summed E-state index contributed by atoms with van der Waals surface area (Å²) in [5.41, 5.74) is 2.24. The summed E-state index contributed by atoms with van der Waals surface area (Å²) in [6, 6.07) is 20.0. The van der Waals surface area contributed by atoms with E-state index in [1.54, 1.807) is 48.7 Å². The number of aryl methyl sites for hydroxylation is 2. The highest BCUT2D eigenvalue weighted by atomic mass is 19.3. The van der Waals surface area contributed by atoms with E-state index in [1.165, 1.54) is 0 Å². The van der Waals surface area contributed by atoms with Crippen LogP contribution in [0.25, 0.3) is 0 Å². The molecule has 1 heterocycles. The molecule has 40 heavy (non-hydrogen) atoms. The first-order chi connectivity index (χ1) is 19.2. The van der Waals surface area contributed by atoms with Gasteiger partial charge in [0.2, 0.25) is 11.7 Å². The third kappa shape index (κ3) is 9.64. The Hall–Kier alpha value is -3.98. The van der Waals surface area contributed by atoms with E-state index in [2.05, 4.69) is 20.9 Å².